The van der Waals surface area contributed by atoms with Crippen molar-refractivity contribution in [3.05, 3.63) is 0 Å². The minimum absolute atomic E-state index is 0. The van der Waals surface area contributed by atoms with Gasteiger partial charge in [-0.3, -0.25) is 0 Å². The third kappa shape index (κ3) is 19.0. The minimum Gasteiger partial charge on any atom is -0.611 e. The Morgan fingerprint density at radius 1 is 0.636 bits per heavy atom. The van der Waals surface area contributed by atoms with Gasteiger partial charge in [0.05, 0.1) is 0 Å². The second kappa shape index (κ2) is 10.8. The molecule has 0 amide bonds. The van der Waals surface area contributed by atoms with Crippen LogP contribution >= 0.6 is 0 Å². The molecule has 0 aromatic carbocycles. The summed E-state index contributed by atoms with van der Waals surface area (Å²) >= 11 is -2.50. The van der Waals surface area contributed by atoms with Crippen LogP contribution in [0.15, 0.2) is 0 Å². The van der Waals surface area contributed by atoms with Crippen LogP contribution in [0.1, 0.15) is 75.2 Å². The quantitative estimate of drug-likeness (QED) is 0.724. The van der Waals surface area contributed by atoms with Gasteiger partial charge in [-0.25, -0.2) is 0 Å². The summed E-state index contributed by atoms with van der Waals surface area (Å²) in [6.45, 7) is 20.3. The van der Waals surface area contributed by atoms with Crippen LogP contribution in [0.3, 0.4) is 0 Å². The predicted molar refractivity (Wildman–Crippen MR) is 89.7 cm³/mol. The molecule has 1 saturated heterocycles. The van der Waals surface area contributed by atoms with Gasteiger partial charge in [0, 0.05) is 30.0 Å². The zero-order valence-corrected chi connectivity index (χ0v) is 18.1. The first-order valence-electron chi connectivity index (χ1n) is 8.06. The molecule has 0 aromatic heterocycles. The summed E-state index contributed by atoms with van der Waals surface area (Å²) in [6.07, 6.45) is 2.56. The van der Waals surface area contributed by atoms with Crippen LogP contribution in [0.2, 0.25) is 0 Å². The van der Waals surface area contributed by atoms with E-state index in [4.69, 9.17) is 16.1 Å². The normalized spacial score (nSPS) is 16.1. The second-order valence-corrected chi connectivity index (χ2v) is 10.0. The molecule has 1 heterocycles. The van der Waals surface area contributed by atoms with Crippen LogP contribution in [-0.2, 0) is 16.1 Å². The number of ether oxygens (including phenoxy) is 1. The Kier molecular flexibility index (Phi) is 12.3. The maximum atomic E-state index is 5.92. The van der Waals surface area contributed by atoms with E-state index in [1.165, 1.54) is 12.8 Å². The molecule has 0 atom stereocenters. The molecule has 22 heavy (non-hydrogen) atoms. The topological polar surface area (TPSA) is 36.9 Å². The molecule has 0 aromatic rings. The van der Waals surface area contributed by atoms with Crippen molar-refractivity contribution in [2.24, 2.45) is 0 Å². The maximum absolute atomic E-state index is 5.92. The molecule has 0 bridgehead atoms. The van der Waals surface area contributed by atoms with Gasteiger partial charge in [-0.2, -0.15) is 0 Å². The monoisotopic (exact) mass is 326 g/mol. The standard InChI is InChI=1S/C4H8O.3C4H9O.Al.Li.H/c1-2-4-5-3-1;3*1-4(2,3)5;;;/h1-4H2;3*1-3H3;;;/q;3*-1;+2;+1;. The number of hydrogen-bond acceptors (Lipinski definition) is 4. The average Bonchev–Trinajstić information content (AvgIpc) is 2.64. The van der Waals surface area contributed by atoms with Gasteiger partial charge in [0.25, 0.3) is 0 Å². The molecule has 0 radical (unpaired) electrons. The molecule has 1 fully saturated rings. The van der Waals surface area contributed by atoms with E-state index in [9.17, 15) is 0 Å². The Labute approximate surface area is 155 Å². The summed E-state index contributed by atoms with van der Waals surface area (Å²) in [5.41, 5.74) is -0.637. The summed E-state index contributed by atoms with van der Waals surface area (Å²) in [7, 11) is 0. The molecule has 1 rings (SSSR count). The van der Waals surface area contributed by atoms with E-state index in [1.54, 1.807) is 0 Å². The molecule has 1 aliphatic heterocycles. The van der Waals surface area contributed by atoms with Crippen molar-refractivity contribution in [3.8, 4) is 0 Å². The summed E-state index contributed by atoms with van der Waals surface area (Å²) < 4.78 is 22.7. The second-order valence-electron chi connectivity index (χ2n) is 8.44. The van der Waals surface area contributed by atoms with Crippen LogP contribution in [0.25, 0.3) is 0 Å². The molecule has 0 saturated carbocycles. The van der Waals surface area contributed by atoms with E-state index < -0.39 is 15.1 Å². The van der Waals surface area contributed by atoms with Crippen molar-refractivity contribution in [1.82, 2.24) is 0 Å². The Balaban J connectivity index is 0. The first kappa shape index (κ1) is 25.2. The fourth-order valence-electron chi connectivity index (χ4n) is 1.66. The Bertz CT molecular complexity index is 230. The van der Waals surface area contributed by atoms with Crippen LogP contribution in [0.4, 0.5) is 0 Å². The Hall–Kier alpha value is 0.970. The van der Waals surface area contributed by atoms with Gasteiger partial charge in [0.1, 0.15) is 0 Å². The number of hydrogen-bond donors (Lipinski definition) is 0. The zero-order valence-electron chi connectivity index (χ0n) is 16.7. The maximum Gasteiger partial charge on any atom is 1.00 e. The molecular weight excluding hydrogens is 290 g/mol. The minimum atomic E-state index is -2.50. The Morgan fingerprint density at radius 2 is 0.909 bits per heavy atom. The van der Waals surface area contributed by atoms with Gasteiger partial charge in [-0.05, 0) is 75.2 Å². The first-order valence-corrected chi connectivity index (χ1v) is 9.79. The van der Waals surface area contributed by atoms with Crippen LogP contribution in [0, 0.1) is 0 Å². The molecule has 0 N–H and O–H groups in total. The summed E-state index contributed by atoms with van der Waals surface area (Å²) in [5.74, 6) is 0. The van der Waals surface area contributed by atoms with E-state index in [-0.39, 0.29) is 35.7 Å². The van der Waals surface area contributed by atoms with Gasteiger partial charge in [0.15, 0.2) is 0 Å². The molecule has 0 aliphatic carbocycles. The largest absolute Gasteiger partial charge is 1.00 e. The molecule has 1 aliphatic rings. The van der Waals surface area contributed by atoms with Crippen molar-refractivity contribution in [1.29, 1.82) is 0 Å². The third-order valence-corrected chi connectivity index (χ3v) is 5.79. The molecule has 0 spiro atoms. The van der Waals surface area contributed by atoms with Gasteiger partial charge in [-0.15, -0.1) is 0 Å². The van der Waals surface area contributed by atoms with E-state index in [2.05, 4.69) is 0 Å². The Morgan fingerprint density at radius 3 is 1.05 bits per heavy atom. The van der Waals surface area contributed by atoms with Crippen molar-refractivity contribution < 1.29 is 35.0 Å². The van der Waals surface area contributed by atoms with Crippen LogP contribution < -0.4 is 18.9 Å². The molecular formula is C16H36AlLiO4. The first-order chi connectivity index (χ1) is 9.29. The zero-order chi connectivity index (χ0) is 16.7. The van der Waals surface area contributed by atoms with E-state index in [0.29, 0.717) is 0 Å². The fraction of sp³-hybridized carbons (Fsp3) is 1.00. The molecule has 128 valence electrons. The van der Waals surface area contributed by atoms with Gasteiger partial charge < -0.3 is 16.1 Å². The average molecular weight is 326 g/mol. The summed E-state index contributed by atoms with van der Waals surface area (Å²) in [5, 5.41) is 0. The number of rotatable bonds is 3. The van der Waals surface area contributed by atoms with E-state index in [1.807, 2.05) is 62.3 Å². The summed E-state index contributed by atoms with van der Waals surface area (Å²) in [4.78, 5) is 0. The van der Waals surface area contributed by atoms with Crippen molar-refractivity contribution in [2.75, 3.05) is 13.2 Å². The van der Waals surface area contributed by atoms with Gasteiger partial charge >= 0.3 is 34.0 Å². The molecule has 4 nitrogen and oxygen atoms in total. The van der Waals surface area contributed by atoms with Crippen molar-refractivity contribution in [3.63, 3.8) is 0 Å². The SMILES string of the molecule is C1CCOC1.CC(C)(C)[O][AlH-]([O]C(C)(C)C)[O]C(C)(C)C.[Li+]. The smallest absolute Gasteiger partial charge is 0.611 e. The fourth-order valence-corrected chi connectivity index (χ4v) is 3.96. The van der Waals surface area contributed by atoms with Crippen molar-refractivity contribution >= 4 is 15.1 Å². The van der Waals surface area contributed by atoms with E-state index in [0.717, 1.165) is 13.2 Å². The van der Waals surface area contributed by atoms with E-state index >= 15 is 0 Å². The van der Waals surface area contributed by atoms with Gasteiger partial charge in [-0.1, -0.05) is 0 Å². The van der Waals surface area contributed by atoms with Crippen LogP contribution in [-0.4, -0.2) is 45.2 Å². The molecule has 0 unspecified atom stereocenters. The third-order valence-electron chi connectivity index (χ3n) is 2.48. The molecule has 6 heteroatoms. The van der Waals surface area contributed by atoms with Crippen LogP contribution in [0.5, 0.6) is 0 Å². The summed E-state index contributed by atoms with van der Waals surface area (Å²) in [6, 6.07) is 0. The predicted octanol–water partition coefficient (Wildman–Crippen LogP) is 0.950. The van der Waals surface area contributed by atoms with Gasteiger partial charge in [0.2, 0.25) is 0 Å². The van der Waals surface area contributed by atoms with Crippen molar-refractivity contribution in [2.45, 2.75) is 92.0 Å².